The maximum Gasteiger partial charge on any atom is 0.308 e. The highest BCUT2D eigenvalue weighted by Crippen LogP contribution is 2.45. The molecular formula is C53H95NO15Si2. The average molecular weight is 1040 g/mol. The number of ether oxygens (including phenoxy) is 9. The first-order valence-electron chi connectivity index (χ1n) is 26.2. The van der Waals surface area contributed by atoms with Gasteiger partial charge in [-0.15, -0.1) is 0 Å². The Morgan fingerprint density at radius 1 is 0.831 bits per heavy atom. The summed E-state index contributed by atoms with van der Waals surface area (Å²) in [4.78, 5) is 41.6. The van der Waals surface area contributed by atoms with Gasteiger partial charge in [0, 0.05) is 39.7 Å². The van der Waals surface area contributed by atoms with E-state index in [0.717, 1.165) is 0 Å². The van der Waals surface area contributed by atoms with Crippen LogP contribution >= 0.6 is 0 Å². The van der Waals surface area contributed by atoms with Crippen molar-refractivity contribution in [3.8, 4) is 0 Å². The summed E-state index contributed by atoms with van der Waals surface area (Å²) in [6, 6.07) is -0.662. The standard InChI is InChI=1S/C53H95NO15Si2/c1-21-25-40(56)65-49-35(5)61-43(31-53(49,13)58)66-45-34(4)62-50(48(63-36(6)55)44(45)54(14)15)67-46-37-28-32(2)38(68-70(17,18)51(7,8)9)27-24-22-23-26-33(3)60-41(57)30-39(47(46)59-16)64-42(29-37)69-71(19,20)52(10,11)12/h22-24,27,32-35,37-39,42-50,58H,21,25-26,28-31H2,1-20H3/b23-22+,27-24+/t32-,33-,34-,35+,37-,38+,39-,42?,43+,44+,45-,46+,47+,48-,49+,50+,53-/m1/s1. The summed E-state index contributed by atoms with van der Waals surface area (Å²) >= 11 is 0. The van der Waals surface area contributed by atoms with Crippen molar-refractivity contribution in [2.45, 2.75) is 263 Å². The van der Waals surface area contributed by atoms with E-state index in [0.29, 0.717) is 25.7 Å². The van der Waals surface area contributed by atoms with Crippen LogP contribution < -0.4 is 0 Å². The Morgan fingerprint density at radius 2 is 1.46 bits per heavy atom. The zero-order valence-electron chi connectivity index (χ0n) is 47.1. The van der Waals surface area contributed by atoms with Crippen LogP contribution in [0.25, 0.3) is 0 Å². The molecule has 0 aliphatic carbocycles. The Morgan fingerprint density at radius 3 is 2.03 bits per heavy atom. The summed E-state index contributed by atoms with van der Waals surface area (Å²) < 4.78 is 73.0. The van der Waals surface area contributed by atoms with Crippen LogP contribution in [0.2, 0.25) is 36.3 Å². The lowest BCUT2D eigenvalue weighted by molar-refractivity contribution is -0.344. The maximum absolute atomic E-state index is 14.0. The van der Waals surface area contributed by atoms with Gasteiger partial charge >= 0.3 is 17.9 Å². The van der Waals surface area contributed by atoms with Gasteiger partial charge in [0.15, 0.2) is 41.4 Å². The number of esters is 3. The van der Waals surface area contributed by atoms with Crippen molar-refractivity contribution in [3.63, 3.8) is 0 Å². The molecule has 0 aromatic carbocycles. The van der Waals surface area contributed by atoms with Crippen LogP contribution in [0.4, 0.5) is 0 Å². The summed E-state index contributed by atoms with van der Waals surface area (Å²) in [7, 11) is 0.525. The van der Waals surface area contributed by atoms with E-state index in [9.17, 15) is 19.5 Å². The number of hydrogen-bond donors (Lipinski definition) is 1. The van der Waals surface area contributed by atoms with E-state index in [1.165, 1.54) is 6.92 Å². The Bertz CT molecular complexity index is 1790. The van der Waals surface area contributed by atoms with Gasteiger partial charge in [0.05, 0.1) is 43.0 Å². The van der Waals surface area contributed by atoms with E-state index in [4.69, 9.17) is 51.5 Å². The topological polar surface area (TPSA) is 176 Å². The first-order chi connectivity index (χ1) is 32.7. The minimum Gasteiger partial charge on any atom is -0.462 e. The number of rotatable bonds is 14. The predicted molar refractivity (Wildman–Crippen MR) is 276 cm³/mol. The fraction of sp³-hybridized carbons (Fsp3) is 0.868. The molecule has 3 fully saturated rings. The minimum absolute atomic E-state index is 0.00722. The number of nitrogens with zero attached hydrogens (tertiary/aromatic N) is 1. The summed E-state index contributed by atoms with van der Waals surface area (Å²) in [5.74, 6) is -1.81. The zero-order valence-corrected chi connectivity index (χ0v) is 49.1. The highest BCUT2D eigenvalue weighted by Gasteiger charge is 2.56. The van der Waals surface area contributed by atoms with Crippen molar-refractivity contribution >= 4 is 34.5 Å². The van der Waals surface area contributed by atoms with Crippen molar-refractivity contribution in [3.05, 3.63) is 24.3 Å². The quantitative estimate of drug-likeness (QED) is 0.0990. The number of cyclic esters (lactones) is 1. The first kappa shape index (κ1) is 61.5. The third-order valence-electron chi connectivity index (χ3n) is 15.6. The van der Waals surface area contributed by atoms with Crippen LogP contribution in [0, 0.1) is 11.8 Å². The molecule has 0 saturated carbocycles. The van der Waals surface area contributed by atoms with Gasteiger partial charge in [-0.05, 0) is 103 Å². The van der Waals surface area contributed by atoms with Crippen molar-refractivity contribution in [2.24, 2.45) is 11.8 Å². The number of allylic oxidation sites excluding steroid dienone is 2. The molecule has 0 spiro atoms. The molecule has 2 bridgehead atoms. The third-order valence-corrected chi connectivity index (χ3v) is 24.6. The van der Waals surface area contributed by atoms with Gasteiger partial charge in [-0.2, -0.15) is 0 Å². The Balaban J connectivity index is 1.85. The monoisotopic (exact) mass is 1040 g/mol. The zero-order chi connectivity index (χ0) is 53.6. The molecule has 4 aliphatic rings. The molecule has 71 heavy (non-hydrogen) atoms. The highest BCUT2D eigenvalue weighted by atomic mass is 28.4. The van der Waals surface area contributed by atoms with E-state index in [1.54, 1.807) is 21.0 Å². The van der Waals surface area contributed by atoms with E-state index >= 15 is 0 Å². The molecule has 1 N–H and O–H groups in total. The summed E-state index contributed by atoms with van der Waals surface area (Å²) in [5, 5.41) is 11.5. The predicted octanol–water partition coefficient (Wildman–Crippen LogP) is 8.98. The van der Waals surface area contributed by atoms with E-state index < -0.39 is 120 Å². The molecular weight excluding hydrogens is 947 g/mol. The van der Waals surface area contributed by atoms with Crippen LogP contribution in [0.3, 0.4) is 0 Å². The van der Waals surface area contributed by atoms with E-state index in [-0.39, 0.29) is 47.3 Å². The molecule has 4 rings (SSSR count). The number of carbonyl (C=O) groups is 3. The van der Waals surface area contributed by atoms with E-state index in [1.807, 2.05) is 58.0 Å². The van der Waals surface area contributed by atoms with Crippen LogP contribution in [0.5, 0.6) is 0 Å². The molecule has 16 nitrogen and oxygen atoms in total. The Kier molecular flexibility index (Phi) is 21.8. The van der Waals surface area contributed by atoms with Crippen LogP contribution in [-0.4, -0.2) is 157 Å². The normalized spacial score (nSPS) is 38.3. The van der Waals surface area contributed by atoms with Gasteiger partial charge in [-0.3, -0.25) is 14.4 Å². The lowest BCUT2D eigenvalue weighted by Gasteiger charge is -2.51. The number of hydrogen-bond acceptors (Lipinski definition) is 16. The smallest absolute Gasteiger partial charge is 0.308 e. The SMILES string of the molecule is CCCC(=O)O[C@H]1[C@H](C)O[C@@H](O[C@H]2[C@H](N(C)C)[C@@H](OC(C)=O)[C@H](O[C@H]3[C@H]4CC(O[Si](C)(C)C(C)(C)C)O[C@H](CC(=O)O[C@H](C)C/C=C/C=C/[C@H](O[Si](C)(C)C(C)(C)C)[C@H](C)C4)[C@@H]3OC)O[C@@H]2C)C[C@@]1(C)O. The molecule has 1 unspecified atom stereocenters. The van der Waals surface area contributed by atoms with Crippen molar-refractivity contribution < 1.29 is 71.0 Å². The van der Waals surface area contributed by atoms with Crippen molar-refractivity contribution in [1.82, 2.24) is 4.90 Å². The molecule has 0 amide bonds. The van der Waals surface area contributed by atoms with Gasteiger partial charge < -0.3 is 61.5 Å². The van der Waals surface area contributed by atoms with Gasteiger partial charge in [-0.1, -0.05) is 79.7 Å². The molecule has 0 radical (unpaired) electrons. The largest absolute Gasteiger partial charge is 0.462 e. The van der Waals surface area contributed by atoms with Crippen molar-refractivity contribution in [1.29, 1.82) is 0 Å². The van der Waals surface area contributed by atoms with Gasteiger partial charge in [-0.25, -0.2) is 0 Å². The Labute approximate surface area is 429 Å². The molecule has 4 aliphatic heterocycles. The third kappa shape index (κ3) is 16.5. The molecule has 18 heteroatoms. The second kappa shape index (κ2) is 25.2. The minimum atomic E-state index is -2.49. The average Bonchev–Trinajstić information content (AvgIpc) is 3.33. The first-order valence-corrected chi connectivity index (χ1v) is 32.0. The lowest BCUT2D eigenvalue weighted by Crippen LogP contribution is -2.66. The number of likely N-dealkylation sites (N-methyl/N-ethyl adjacent to an activating group) is 1. The van der Waals surface area contributed by atoms with Crippen LogP contribution in [-0.2, 0) is 65.9 Å². The number of carbonyl (C=O) groups excluding carboxylic acids is 3. The van der Waals surface area contributed by atoms with E-state index in [2.05, 4.69) is 80.7 Å². The maximum atomic E-state index is 14.0. The van der Waals surface area contributed by atoms with Gasteiger partial charge in [0.1, 0.15) is 30.2 Å². The van der Waals surface area contributed by atoms with Crippen molar-refractivity contribution in [2.75, 3.05) is 21.2 Å². The molecule has 17 atom stereocenters. The molecule has 410 valence electrons. The van der Waals surface area contributed by atoms with Crippen LogP contribution in [0.15, 0.2) is 24.3 Å². The summed E-state index contributed by atoms with van der Waals surface area (Å²) in [6.07, 6.45) is 0.0970. The summed E-state index contributed by atoms with van der Waals surface area (Å²) in [5.41, 5.74) is -1.48. The molecule has 3 saturated heterocycles. The Hall–Kier alpha value is -2.08. The van der Waals surface area contributed by atoms with Gasteiger partial charge in [0.25, 0.3) is 0 Å². The molecule has 0 aromatic heterocycles. The fourth-order valence-electron chi connectivity index (χ4n) is 9.67. The number of fused-ring (bicyclic) bond motifs is 3. The lowest BCUT2D eigenvalue weighted by atomic mass is 9.83. The number of methoxy groups -OCH3 is 1. The molecule has 4 heterocycles. The van der Waals surface area contributed by atoms with Crippen LogP contribution in [0.1, 0.15) is 135 Å². The second-order valence-electron chi connectivity index (χ2n) is 24.2. The number of aliphatic hydroxyl groups is 1. The van der Waals surface area contributed by atoms with Gasteiger partial charge in [0.2, 0.25) is 0 Å². The molecule has 0 aromatic rings. The summed E-state index contributed by atoms with van der Waals surface area (Å²) in [6.45, 7) is 34.7. The highest BCUT2D eigenvalue weighted by molar-refractivity contribution is 6.74. The second-order valence-corrected chi connectivity index (χ2v) is 33.7. The fourth-order valence-corrected chi connectivity index (χ4v) is 12.2.